The van der Waals surface area contributed by atoms with Crippen LogP contribution in [0.25, 0.3) is 0 Å². The van der Waals surface area contributed by atoms with Gasteiger partial charge in [-0.15, -0.1) is 0 Å². The molecule has 0 saturated carbocycles. The second-order valence-electron chi connectivity index (χ2n) is 3.27. The molecule has 0 unspecified atom stereocenters. The molecule has 17 heavy (non-hydrogen) atoms. The van der Waals surface area contributed by atoms with Gasteiger partial charge in [0.15, 0.2) is 0 Å². The van der Waals surface area contributed by atoms with Gasteiger partial charge in [-0.25, -0.2) is 10.8 Å². The van der Waals surface area contributed by atoms with Crippen molar-refractivity contribution in [2.75, 3.05) is 25.7 Å². The van der Waals surface area contributed by atoms with Crippen molar-refractivity contribution in [3.63, 3.8) is 0 Å². The molecule has 0 radical (unpaired) electrons. The highest BCUT2D eigenvalue weighted by Gasteiger charge is 2.12. The monoisotopic (exact) mass is 258 g/mol. The number of pyridine rings is 1. The first kappa shape index (κ1) is 13.7. The zero-order valence-electron chi connectivity index (χ0n) is 9.50. The Balaban J connectivity index is 2.61. The second kappa shape index (κ2) is 7.05. The molecule has 0 aliphatic heterocycles. The predicted octanol–water partition coefficient (Wildman–Crippen LogP) is 0.787. The molecule has 6 nitrogen and oxygen atoms in total. The third kappa shape index (κ3) is 4.18. The van der Waals surface area contributed by atoms with E-state index in [0.717, 1.165) is 6.42 Å². The van der Waals surface area contributed by atoms with E-state index in [2.05, 4.69) is 15.7 Å². The number of amides is 1. The first-order valence-electron chi connectivity index (χ1n) is 5.09. The number of ether oxygens (including phenoxy) is 1. The fourth-order valence-corrected chi connectivity index (χ4v) is 1.37. The number of nitrogens with zero attached hydrogens (tertiary/aromatic N) is 1. The van der Waals surface area contributed by atoms with Gasteiger partial charge in [0.2, 0.25) is 0 Å². The summed E-state index contributed by atoms with van der Waals surface area (Å²) in [5, 5.41) is 2.98. The zero-order valence-corrected chi connectivity index (χ0v) is 10.3. The first-order chi connectivity index (χ1) is 8.19. The number of nitrogens with one attached hydrogen (secondary N) is 2. The number of nitrogens with two attached hydrogens (primary N) is 1. The van der Waals surface area contributed by atoms with Gasteiger partial charge in [-0.1, -0.05) is 11.6 Å². The van der Waals surface area contributed by atoms with Crippen LogP contribution in [0, 0.1) is 0 Å². The maximum Gasteiger partial charge on any atom is 0.271 e. The molecule has 94 valence electrons. The van der Waals surface area contributed by atoms with Crippen molar-refractivity contribution in [3.05, 3.63) is 22.8 Å². The SMILES string of the molecule is COCCCNC(=O)c1nc(NN)ccc1Cl. The number of aromatic nitrogens is 1. The number of halogens is 1. The summed E-state index contributed by atoms with van der Waals surface area (Å²) < 4.78 is 4.87. The predicted molar refractivity (Wildman–Crippen MR) is 65.9 cm³/mol. The van der Waals surface area contributed by atoms with Gasteiger partial charge < -0.3 is 15.5 Å². The van der Waals surface area contributed by atoms with Crippen LogP contribution in [0.3, 0.4) is 0 Å². The molecule has 7 heteroatoms. The fraction of sp³-hybridized carbons (Fsp3) is 0.400. The van der Waals surface area contributed by atoms with Crippen LogP contribution >= 0.6 is 11.6 Å². The number of anilines is 1. The van der Waals surface area contributed by atoms with Crippen molar-refractivity contribution in [1.29, 1.82) is 0 Å². The van der Waals surface area contributed by atoms with Crippen molar-refractivity contribution >= 4 is 23.3 Å². The Morgan fingerprint density at radius 2 is 2.35 bits per heavy atom. The van der Waals surface area contributed by atoms with Gasteiger partial charge in [0.05, 0.1) is 5.02 Å². The lowest BCUT2D eigenvalue weighted by Crippen LogP contribution is -2.26. The van der Waals surface area contributed by atoms with Gasteiger partial charge >= 0.3 is 0 Å². The lowest BCUT2D eigenvalue weighted by Gasteiger charge is -2.07. The minimum absolute atomic E-state index is 0.152. The summed E-state index contributed by atoms with van der Waals surface area (Å²) in [5.74, 6) is 5.26. The molecule has 0 spiro atoms. The van der Waals surface area contributed by atoms with E-state index >= 15 is 0 Å². The van der Waals surface area contributed by atoms with E-state index in [0.29, 0.717) is 19.0 Å². The van der Waals surface area contributed by atoms with Crippen LogP contribution in [0.15, 0.2) is 12.1 Å². The highest BCUT2D eigenvalue weighted by atomic mass is 35.5. The number of carbonyl (C=O) groups excluding carboxylic acids is 1. The van der Waals surface area contributed by atoms with Crippen LogP contribution in [-0.2, 0) is 4.74 Å². The molecule has 0 aliphatic carbocycles. The third-order valence-electron chi connectivity index (χ3n) is 2.02. The Morgan fingerprint density at radius 3 is 3.00 bits per heavy atom. The maximum absolute atomic E-state index is 11.7. The van der Waals surface area contributed by atoms with Gasteiger partial charge in [0.25, 0.3) is 5.91 Å². The van der Waals surface area contributed by atoms with Crippen LogP contribution < -0.4 is 16.6 Å². The standard InChI is InChI=1S/C10H15ClN4O2/c1-17-6-2-5-13-10(16)9-7(11)3-4-8(14-9)15-12/h3-4H,2,5-6,12H2,1H3,(H,13,16)(H,14,15). The van der Waals surface area contributed by atoms with E-state index in [4.69, 9.17) is 22.2 Å². The zero-order chi connectivity index (χ0) is 12.7. The largest absolute Gasteiger partial charge is 0.385 e. The molecular formula is C10H15ClN4O2. The molecule has 1 rings (SSSR count). The average molecular weight is 259 g/mol. The topological polar surface area (TPSA) is 89.3 Å². The molecule has 0 aliphatic rings. The van der Waals surface area contributed by atoms with Crippen LogP contribution in [-0.4, -0.2) is 31.2 Å². The molecule has 0 saturated heterocycles. The number of methoxy groups -OCH3 is 1. The Bertz CT molecular complexity index is 387. The normalized spacial score (nSPS) is 10.1. The molecule has 0 atom stereocenters. The fourth-order valence-electron chi connectivity index (χ4n) is 1.18. The van der Waals surface area contributed by atoms with Crippen LogP contribution in [0.4, 0.5) is 5.82 Å². The Morgan fingerprint density at radius 1 is 1.59 bits per heavy atom. The summed E-state index contributed by atoms with van der Waals surface area (Å²) in [7, 11) is 1.61. The molecule has 1 aromatic heterocycles. The molecule has 1 aromatic rings. The second-order valence-corrected chi connectivity index (χ2v) is 3.68. The van der Waals surface area contributed by atoms with Crippen molar-refractivity contribution in [3.8, 4) is 0 Å². The van der Waals surface area contributed by atoms with E-state index in [1.54, 1.807) is 19.2 Å². The summed E-state index contributed by atoms with van der Waals surface area (Å²) >= 11 is 5.87. The molecular weight excluding hydrogens is 244 g/mol. The number of hydrazine groups is 1. The summed E-state index contributed by atoms with van der Waals surface area (Å²) in [6.07, 6.45) is 0.731. The van der Waals surface area contributed by atoms with Crippen molar-refractivity contribution in [1.82, 2.24) is 10.3 Å². The van der Waals surface area contributed by atoms with Crippen LogP contribution in [0.5, 0.6) is 0 Å². The van der Waals surface area contributed by atoms with E-state index in [1.807, 2.05) is 0 Å². The van der Waals surface area contributed by atoms with E-state index < -0.39 is 0 Å². The minimum atomic E-state index is -0.330. The van der Waals surface area contributed by atoms with Gasteiger partial charge in [0.1, 0.15) is 11.5 Å². The Kier molecular flexibility index (Phi) is 5.68. The number of rotatable bonds is 6. The summed E-state index contributed by atoms with van der Waals surface area (Å²) in [6, 6.07) is 3.15. The lowest BCUT2D eigenvalue weighted by molar-refractivity contribution is 0.0944. The van der Waals surface area contributed by atoms with Crippen LogP contribution in [0.2, 0.25) is 5.02 Å². The highest BCUT2D eigenvalue weighted by molar-refractivity contribution is 6.33. The highest BCUT2D eigenvalue weighted by Crippen LogP contribution is 2.15. The average Bonchev–Trinajstić information content (AvgIpc) is 2.35. The van der Waals surface area contributed by atoms with Crippen molar-refractivity contribution in [2.45, 2.75) is 6.42 Å². The van der Waals surface area contributed by atoms with Gasteiger partial charge in [0, 0.05) is 20.3 Å². The van der Waals surface area contributed by atoms with Crippen molar-refractivity contribution in [2.24, 2.45) is 5.84 Å². The van der Waals surface area contributed by atoms with Gasteiger partial charge in [-0.2, -0.15) is 0 Å². The molecule has 0 aromatic carbocycles. The molecule has 1 amide bonds. The summed E-state index contributed by atoms with van der Waals surface area (Å²) in [4.78, 5) is 15.7. The first-order valence-corrected chi connectivity index (χ1v) is 5.47. The van der Waals surface area contributed by atoms with Gasteiger partial charge in [-0.3, -0.25) is 4.79 Å². The molecule has 4 N–H and O–H groups in total. The van der Waals surface area contributed by atoms with Crippen molar-refractivity contribution < 1.29 is 9.53 Å². The summed E-state index contributed by atoms with van der Waals surface area (Å²) in [6.45, 7) is 1.09. The Labute approximate surface area is 104 Å². The molecule has 0 bridgehead atoms. The van der Waals surface area contributed by atoms with Gasteiger partial charge in [-0.05, 0) is 18.6 Å². The van der Waals surface area contributed by atoms with E-state index in [1.165, 1.54) is 0 Å². The van der Waals surface area contributed by atoms with E-state index in [-0.39, 0.29) is 16.6 Å². The van der Waals surface area contributed by atoms with E-state index in [9.17, 15) is 4.79 Å². The number of nitrogen functional groups attached to an aromatic ring is 1. The number of hydrogen-bond acceptors (Lipinski definition) is 5. The molecule has 1 heterocycles. The third-order valence-corrected chi connectivity index (χ3v) is 2.32. The Hall–Kier alpha value is -1.37. The van der Waals surface area contributed by atoms with Crippen LogP contribution in [0.1, 0.15) is 16.9 Å². The number of carbonyl (C=O) groups is 1. The lowest BCUT2D eigenvalue weighted by atomic mass is 10.3. The molecule has 0 fully saturated rings. The minimum Gasteiger partial charge on any atom is -0.385 e. The smallest absolute Gasteiger partial charge is 0.271 e. The maximum atomic E-state index is 11.7. The quantitative estimate of drug-likeness (QED) is 0.399. The number of hydrogen-bond donors (Lipinski definition) is 3. The summed E-state index contributed by atoms with van der Waals surface area (Å²) in [5.41, 5.74) is 2.51.